The van der Waals surface area contributed by atoms with Gasteiger partial charge in [-0.3, -0.25) is 28.9 Å². The van der Waals surface area contributed by atoms with E-state index >= 15 is 19.2 Å². The van der Waals surface area contributed by atoms with E-state index in [0.29, 0.717) is 54.4 Å². The Balaban J connectivity index is 1.23. The number of anilines is 3. The molecule has 3 saturated heterocycles. The highest BCUT2D eigenvalue weighted by Gasteiger charge is 2.75. The lowest BCUT2D eigenvalue weighted by molar-refractivity contribution is -0.178. The molecule has 6 aromatic rings. The fraction of sp³-hybridized carbons (Fsp3) is 0.290. The van der Waals surface area contributed by atoms with E-state index in [9.17, 15) is 14.7 Å². The van der Waals surface area contributed by atoms with Gasteiger partial charge in [0, 0.05) is 36.4 Å². The van der Waals surface area contributed by atoms with Crippen molar-refractivity contribution >= 4 is 52.8 Å². The van der Waals surface area contributed by atoms with Gasteiger partial charge < -0.3 is 44.3 Å². The molecule has 0 aliphatic carbocycles. The third-order valence-electron chi connectivity index (χ3n) is 15.2. The van der Waals surface area contributed by atoms with E-state index in [1.54, 1.807) is 61.5 Å². The molecule has 10 rings (SSSR count). The number of benzene rings is 6. The lowest BCUT2D eigenvalue weighted by atomic mass is 9.65. The van der Waals surface area contributed by atoms with E-state index in [1.807, 2.05) is 108 Å². The Labute approximate surface area is 457 Å². The molecule has 404 valence electrons. The zero-order valence-electron chi connectivity index (χ0n) is 43.8. The summed E-state index contributed by atoms with van der Waals surface area (Å²) in [5, 5.41) is 15.9. The molecule has 1 spiro atoms. The summed E-state index contributed by atoms with van der Waals surface area (Å²) in [7, 11) is 2.31. The van der Waals surface area contributed by atoms with Crippen LogP contribution in [0.1, 0.15) is 71.0 Å². The fourth-order valence-electron chi connectivity index (χ4n) is 11.6. The van der Waals surface area contributed by atoms with Gasteiger partial charge in [0.05, 0.1) is 63.8 Å². The molecule has 17 heteroatoms. The normalized spacial score (nSPS) is 21.7. The summed E-state index contributed by atoms with van der Waals surface area (Å²) < 4.78 is 27.9. The standard InChI is InChI=1S/C62H59N5O12/c1-39(41-15-7-4-8-16-41)63-61(74)66-50-31-22-40(14-13-21-48(57(70)75-2)58(71)76-3)38-49(50)62(60(66)73)51(56(69)64-45-25-27-46(28-26-45)65-32-35-77-36-33-65)53-59(72)79-54(43-19-11-6-12-20-43)52(42-17-9-5-10-18-42)67(53)55(62)44-23-29-47(30-24-44)78-37-34-68/h4-12,15-20,22-31,38-39,48,51-55,68H,21,32-37H2,1-3H3,(H,63,74)(H,64,69). The van der Waals surface area contributed by atoms with Gasteiger partial charge in [-0.15, -0.1) is 0 Å². The van der Waals surface area contributed by atoms with Crippen LogP contribution < -0.4 is 25.2 Å². The van der Waals surface area contributed by atoms with Gasteiger partial charge in [0.1, 0.15) is 29.9 Å². The van der Waals surface area contributed by atoms with E-state index < -0.39 is 83.3 Å². The van der Waals surface area contributed by atoms with Crippen molar-refractivity contribution in [2.24, 2.45) is 11.8 Å². The quantitative estimate of drug-likeness (QED) is 0.0422. The van der Waals surface area contributed by atoms with Crippen LogP contribution >= 0.6 is 0 Å². The first-order valence-electron chi connectivity index (χ1n) is 26.1. The van der Waals surface area contributed by atoms with Crippen LogP contribution in [0, 0.1) is 23.7 Å². The first-order valence-corrected chi connectivity index (χ1v) is 26.1. The number of imide groups is 1. The van der Waals surface area contributed by atoms with Crippen molar-refractivity contribution in [3.05, 3.63) is 191 Å². The van der Waals surface area contributed by atoms with Crippen molar-refractivity contribution in [1.29, 1.82) is 0 Å². The van der Waals surface area contributed by atoms with E-state index in [1.165, 1.54) is 0 Å². The number of amides is 4. The van der Waals surface area contributed by atoms with Crippen LogP contribution in [0.2, 0.25) is 0 Å². The molecule has 17 nitrogen and oxygen atoms in total. The van der Waals surface area contributed by atoms with Crippen LogP contribution in [0.5, 0.6) is 5.75 Å². The number of hydrogen-bond donors (Lipinski definition) is 3. The fourth-order valence-corrected chi connectivity index (χ4v) is 11.6. The highest BCUT2D eigenvalue weighted by molar-refractivity contribution is 6.25. The Hall–Kier alpha value is -8.82. The van der Waals surface area contributed by atoms with Gasteiger partial charge >= 0.3 is 23.9 Å². The van der Waals surface area contributed by atoms with Gasteiger partial charge in [0.2, 0.25) is 11.8 Å². The third-order valence-corrected chi connectivity index (χ3v) is 15.2. The summed E-state index contributed by atoms with van der Waals surface area (Å²) >= 11 is 0. The van der Waals surface area contributed by atoms with Crippen LogP contribution in [0.3, 0.4) is 0 Å². The van der Waals surface area contributed by atoms with Crippen LogP contribution in [0.15, 0.2) is 158 Å². The zero-order valence-corrected chi connectivity index (χ0v) is 43.8. The highest BCUT2D eigenvalue weighted by atomic mass is 16.6. The number of carbonyl (C=O) groups excluding carboxylic acids is 6. The molecule has 7 unspecified atom stereocenters. The van der Waals surface area contributed by atoms with Crippen LogP contribution in [-0.2, 0) is 48.3 Å². The molecule has 6 aromatic carbocycles. The number of hydrogen-bond acceptors (Lipinski definition) is 14. The summed E-state index contributed by atoms with van der Waals surface area (Å²) in [6.07, 6.45) is -1.28. The maximum absolute atomic E-state index is 16.9. The number of morpholine rings is 2. The molecular formula is C62H59N5O12. The number of ether oxygens (including phenoxy) is 5. The lowest BCUT2D eigenvalue weighted by Crippen LogP contribution is -2.55. The van der Waals surface area contributed by atoms with E-state index in [2.05, 4.69) is 27.4 Å². The summed E-state index contributed by atoms with van der Waals surface area (Å²) in [5.41, 5.74) is 2.34. The molecule has 0 aromatic heterocycles. The number of carbonyl (C=O) groups is 6. The molecule has 4 amide bonds. The van der Waals surface area contributed by atoms with E-state index in [-0.39, 0.29) is 36.4 Å². The Kier molecular flexibility index (Phi) is 15.9. The first-order chi connectivity index (χ1) is 38.5. The Morgan fingerprint density at radius 2 is 1.39 bits per heavy atom. The maximum atomic E-state index is 16.9. The second kappa shape index (κ2) is 23.4. The molecule has 4 aliphatic heterocycles. The summed E-state index contributed by atoms with van der Waals surface area (Å²) in [6.45, 7) is 4.03. The van der Waals surface area contributed by atoms with Crippen LogP contribution in [0.25, 0.3) is 0 Å². The van der Waals surface area contributed by atoms with Crippen molar-refractivity contribution in [3.8, 4) is 17.6 Å². The second-order valence-corrected chi connectivity index (χ2v) is 19.6. The van der Waals surface area contributed by atoms with E-state index in [4.69, 9.17) is 23.7 Å². The summed E-state index contributed by atoms with van der Waals surface area (Å²) in [4.78, 5) is 94.8. The average Bonchev–Trinajstić information content (AvgIpc) is 2.08. The van der Waals surface area contributed by atoms with Crippen molar-refractivity contribution in [2.45, 2.75) is 49.0 Å². The zero-order chi connectivity index (χ0) is 55.2. The molecule has 0 radical (unpaired) electrons. The topological polar surface area (TPSA) is 203 Å². The average molecular weight is 1070 g/mol. The van der Waals surface area contributed by atoms with Gasteiger partial charge in [-0.2, -0.15) is 0 Å². The second-order valence-electron chi connectivity index (χ2n) is 19.6. The molecule has 3 fully saturated rings. The Morgan fingerprint density at radius 3 is 2.03 bits per heavy atom. The summed E-state index contributed by atoms with van der Waals surface area (Å²) in [5.74, 6) is -0.606. The predicted molar refractivity (Wildman–Crippen MR) is 291 cm³/mol. The van der Waals surface area contributed by atoms with Crippen LogP contribution in [0.4, 0.5) is 21.9 Å². The number of fused-ring (bicyclic) bond motifs is 3. The van der Waals surface area contributed by atoms with Crippen molar-refractivity contribution in [1.82, 2.24) is 10.2 Å². The molecular weight excluding hydrogens is 1010 g/mol. The first kappa shape index (κ1) is 53.6. The minimum atomic E-state index is -2.16. The largest absolute Gasteiger partial charge is 0.491 e. The number of cyclic esters (lactones) is 1. The van der Waals surface area contributed by atoms with Gasteiger partial charge in [0.25, 0.3) is 0 Å². The molecule has 3 N–H and O–H groups in total. The van der Waals surface area contributed by atoms with Gasteiger partial charge in [-0.1, -0.05) is 115 Å². The number of esters is 3. The van der Waals surface area contributed by atoms with Gasteiger partial charge in [0.15, 0.2) is 5.92 Å². The molecule has 7 atom stereocenters. The smallest absolute Gasteiger partial charge is 0.329 e. The maximum Gasteiger partial charge on any atom is 0.329 e. The molecule has 4 aliphatic rings. The van der Waals surface area contributed by atoms with E-state index in [0.717, 1.165) is 30.4 Å². The Morgan fingerprint density at radius 1 is 0.759 bits per heavy atom. The molecule has 79 heavy (non-hydrogen) atoms. The lowest BCUT2D eigenvalue weighted by Gasteiger charge is -2.46. The van der Waals surface area contributed by atoms with Crippen molar-refractivity contribution < 1.29 is 57.6 Å². The third kappa shape index (κ3) is 10.3. The highest BCUT2D eigenvalue weighted by Crippen LogP contribution is 2.66. The Bertz CT molecular complexity index is 3260. The predicted octanol–water partition coefficient (Wildman–Crippen LogP) is 7.37. The van der Waals surface area contributed by atoms with Gasteiger partial charge in [-0.05, 0) is 89.3 Å². The minimum absolute atomic E-state index is 0.00157. The SMILES string of the molecule is COC(=O)C(CC#Cc1ccc2c(c1)C1(C(=O)N2C(=O)NC(C)c2ccccc2)C(C(=O)Nc2ccc(N3CCOCC3)cc2)C2C(=O)OC(c3ccccc3)C(c3ccccc3)N2C1c1ccc(OCCO)cc1)C(=O)OC. The number of methoxy groups -OCH3 is 2. The molecule has 4 heterocycles. The number of aliphatic hydroxyl groups excluding tert-OH is 1. The number of urea groups is 1. The monoisotopic (exact) mass is 1070 g/mol. The van der Waals surface area contributed by atoms with Crippen LogP contribution in [-0.4, -0.2) is 106 Å². The minimum Gasteiger partial charge on any atom is -0.491 e. The van der Waals surface area contributed by atoms with Gasteiger partial charge in [-0.25, -0.2) is 9.69 Å². The van der Waals surface area contributed by atoms with Crippen molar-refractivity contribution in [3.63, 3.8) is 0 Å². The summed E-state index contributed by atoms with van der Waals surface area (Å²) in [6, 6.07) is 42.0. The number of nitrogens with zero attached hydrogens (tertiary/aromatic N) is 3. The molecule has 0 bridgehead atoms. The number of rotatable bonds is 14. The molecule has 0 saturated carbocycles. The number of nitrogens with one attached hydrogen (secondary N) is 2. The van der Waals surface area contributed by atoms with Crippen molar-refractivity contribution in [2.75, 3.05) is 68.9 Å². The number of aliphatic hydroxyl groups is 1.